The lowest BCUT2D eigenvalue weighted by molar-refractivity contribution is 0.131. The van der Waals surface area contributed by atoms with Gasteiger partial charge in [0.25, 0.3) is 0 Å². The molecule has 2 saturated carbocycles. The Balaban J connectivity index is 1.72. The first-order valence-corrected chi connectivity index (χ1v) is 8.89. The summed E-state index contributed by atoms with van der Waals surface area (Å²) in [5.74, 6) is 1.49. The van der Waals surface area contributed by atoms with Crippen LogP contribution in [0.25, 0.3) is 0 Å². The second-order valence-corrected chi connectivity index (χ2v) is 8.98. The van der Waals surface area contributed by atoms with E-state index in [1.165, 1.54) is 24.8 Å². The highest BCUT2D eigenvalue weighted by atomic mass is 16.6. The number of rotatable bonds is 3. The highest BCUT2D eigenvalue weighted by molar-refractivity contribution is 5.18. The summed E-state index contributed by atoms with van der Waals surface area (Å²) in [5.41, 5.74) is 1.16. The van der Waals surface area contributed by atoms with E-state index in [1.807, 2.05) is 19.9 Å². The fraction of sp³-hybridized carbons (Fsp3) is 0.800. The van der Waals surface area contributed by atoms with Crippen molar-refractivity contribution in [1.29, 1.82) is 0 Å². The minimum absolute atomic E-state index is 0.114. The number of hydrogen-bond acceptors (Lipinski definition) is 2. The van der Waals surface area contributed by atoms with Gasteiger partial charge in [0.1, 0.15) is 0 Å². The third kappa shape index (κ3) is 3.33. The molecule has 22 heavy (non-hydrogen) atoms. The van der Waals surface area contributed by atoms with E-state index in [0.717, 1.165) is 31.1 Å². The molecule has 0 unspecified atom stereocenters. The summed E-state index contributed by atoms with van der Waals surface area (Å²) in [6.45, 7) is 12.7. The lowest BCUT2D eigenvalue weighted by Crippen LogP contribution is -2.25. The van der Waals surface area contributed by atoms with Crippen LogP contribution in [0.4, 0.5) is 0 Å². The SMILES string of the molecule is C=C1CC[C@@H]2O[C@@]2(C)CC[C@](C)(C/C=C\C(C)(C)O)[C@H]2C[C@H]12. The zero-order chi connectivity index (χ0) is 16.2. The average molecular weight is 304 g/mol. The predicted molar refractivity (Wildman–Crippen MR) is 90.6 cm³/mol. The molecule has 2 heteroatoms. The van der Waals surface area contributed by atoms with Crippen molar-refractivity contribution in [2.45, 2.75) is 83.5 Å². The van der Waals surface area contributed by atoms with Gasteiger partial charge < -0.3 is 9.84 Å². The number of fused-ring (bicyclic) bond motifs is 2. The van der Waals surface area contributed by atoms with E-state index in [4.69, 9.17) is 4.74 Å². The van der Waals surface area contributed by atoms with Crippen LogP contribution in [0.15, 0.2) is 24.3 Å². The number of epoxide rings is 1. The van der Waals surface area contributed by atoms with Gasteiger partial charge in [-0.25, -0.2) is 0 Å². The van der Waals surface area contributed by atoms with Gasteiger partial charge in [0.2, 0.25) is 0 Å². The molecule has 0 bridgehead atoms. The topological polar surface area (TPSA) is 32.8 Å². The summed E-state index contributed by atoms with van der Waals surface area (Å²) >= 11 is 0. The summed E-state index contributed by atoms with van der Waals surface area (Å²) in [6, 6.07) is 0. The second-order valence-electron chi connectivity index (χ2n) is 8.98. The Kier molecular flexibility index (Phi) is 3.85. The van der Waals surface area contributed by atoms with Gasteiger partial charge in [0.05, 0.1) is 17.3 Å². The number of aliphatic hydroxyl groups is 1. The highest BCUT2D eigenvalue weighted by Gasteiger charge is 2.56. The standard InChI is InChI=1S/C20H32O2/c1-14-7-8-17-20(5,22-17)12-11-19(4,16-13-15(14)16)10-6-9-18(2,3)21/h6,9,15-17,21H,1,7-8,10-13H2,2-5H3/b9-6-/t15-,16+,17+,19+,20+/m1/s1. The van der Waals surface area contributed by atoms with Gasteiger partial charge in [-0.15, -0.1) is 0 Å². The first kappa shape index (κ1) is 16.3. The molecule has 0 aromatic heterocycles. The molecular weight excluding hydrogens is 272 g/mol. The Morgan fingerprint density at radius 2 is 2.09 bits per heavy atom. The maximum Gasteiger partial charge on any atom is 0.0920 e. The number of hydrogen-bond donors (Lipinski definition) is 1. The zero-order valence-corrected chi connectivity index (χ0v) is 14.7. The van der Waals surface area contributed by atoms with E-state index < -0.39 is 5.60 Å². The van der Waals surface area contributed by atoms with Gasteiger partial charge in [-0.1, -0.05) is 31.2 Å². The van der Waals surface area contributed by atoms with Crippen molar-refractivity contribution >= 4 is 0 Å². The van der Waals surface area contributed by atoms with Gasteiger partial charge in [0, 0.05) is 0 Å². The third-order valence-corrected chi connectivity index (χ3v) is 6.28. The lowest BCUT2D eigenvalue weighted by Gasteiger charge is -2.31. The Bertz CT molecular complexity index is 486. The summed E-state index contributed by atoms with van der Waals surface area (Å²) in [5, 5.41) is 9.90. The highest BCUT2D eigenvalue weighted by Crippen LogP contribution is 2.61. The number of ether oxygens (including phenoxy) is 1. The summed E-state index contributed by atoms with van der Waals surface area (Å²) in [4.78, 5) is 0. The van der Waals surface area contributed by atoms with Crippen molar-refractivity contribution in [3.63, 3.8) is 0 Å². The number of allylic oxidation sites excluding steroid dienone is 2. The molecule has 3 rings (SSSR count). The van der Waals surface area contributed by atoms with Crippen LogP contribution in [0.3, 0.4) is 0 Å². The minimum Gasteiger partial charge on any atom is -0.386 e. The molecule has 3 aliphatic rings. The molecule has 1 saturated heterocycles. The first-order valence-electron chi connectivity index (χ1n) is 8.89. The van der Waals surface area contributed by atoms with Crippen LogP contribution in [-0.4, -0.2) is 22.4 Å². The molecule has 0 radical (unpaired) electrons. The Morgan fingerprint density at radius 1 is 1.36 bits per heavy atom. The van der Waals surface area contributed by atoms with Crippen molar-refractivity contribution in [3.05, 3.63) is 24.3 Å². The van der Waals surface area contributed by atoms with E-state index in [1.54, 1.807) is 0 Å². The predicted octanol–water partition coefficient (Wildman–Crippen LogP) is 4.63. The molecule has 0 amide bonds. The fourth-order valence-corrected chi connectivity index (χ4v) is 4.38. The molecule has 2 nitrogen and oxygen atoms in total. The lowest BCUT2D eigenvalue weighted by atomic mass is 9.73. The summed E-state index contributed by atoms with van der Waals surface area (Å²) < 4.78 is 5.99. The van der Waals surface area contributed by atoms with Gasteiger partial charge in [-0.05, 0) is 76.5 Å². The maximum absolute atomic E-state index is 9.90. The Hall–Kier alpha value is -0.600. The molecule has 5 atom stereocenters. The molecule has 1 aliphatic heterocycles. The van der Waals surface area contributed by atoms with Crippen LogP contribution < -0.4 is 0 Å². The summed E-state index contributed by atoms with van der Waals surface area (Å²) in [7, 11) is 0. The quantitative estimate of drug-likeness (QED) is 0.609. The molecule has 3 fully saturated rings. The molecule has 0 spiro atoms. The molecule has 1 N–H and O–H groups in total. The van der Waals surface area contributed by atoms with Crippen LogP contribution in [0, 0.1) is 17.3 Å². The smallest absolute Gasteiger partial charge is 0.0920 e. The Morgan fingerprint density at radius 3 is 2.77 bits per heavy atom. The summed E-state index contributed by atoms with van der Waals surface area (Å²) in [6.07, 6.45) is 11.6. The molecule has 2 aliphatic carbocycles. The van der Waals surface area contributed by atoms with Crippen LogP contribution in [0.5, 0.6) is 0 Å². The van der Waals surface area contributed by atoms with Crippen molar-refractivity contribution in [2.75, 3.05) is 0 Å². The van der Waals surface area contributed by atoms with E-state index in [9.17, 15) is 5.11 Å². The van der Waals surface area contributed by atoms with Crippen molar-refractivity contribution < 1.29 is 9.84 Å². The third-order valence-electron chi connectivity index (χ3n) is 6.28. The Labute approximate surface area is 135 Å². The van der Waals surface area contributed by atoms with Gasteiger partial charge in [-0.2, -0.15) is 0 Å². The monoisotopic (exact) mass is 304 g/mol. The molecule has 0 aromatic carbocycles. The van der Waals surface area contributed by atoms with E-state index in [2.05, 4.69) is 26.5 Å². The van der Waals surface area contributed by atoms with E-state index >= 15 is 0 Å². The van der Waals surface area contributed by atoms with Gasteiger partial charge in [0.15, 0.2) is 0 Å². The van der Waals surface area contributed by atoms with Crippen molar-refractivity contribution in [1.82, 2.24) is 0 Å². The zero-order valence-electron chi connectivity index (χ0n) is 14.7. The van der Waals surface area contributed by atoms with Crippen molar-refractivity contribution in [3.8, 4) is 0 Å². The van der Waals surface area contributed by atoms with Gasteiger partial charge in [-0.3, -0.25) is 0 Å². The maximum atomic E-state index is 9.90. The fourth-order valence-electron chi connectivity index (χ4n) is 4.38. The minimum atomic E-state index is -0.713. The van der Waals surface area contributed by atoms with Gasteiger partial charge >= 0.3 is 0 Å². The molecule has 1 heterocycles. The first-order chi connectivity index (χ1) is 10.1. The largest absolute Gasteiger partial charge is 0.386 e. The van der Waals surface area contributed by atoms with Crippen molar-refractivity contribution in [2.24, 2.45) is 17.3 Å². The van der Waals surface area contributed by atoms with Crippen LogP contribution in [-0.2, 0) is 4.74 Å². The van der Waals surface area contributed by atoms with Crippen LogP contribution in [0.2, 0.25) is 0 Å². The van der Waals surface area contributed by atoms with E-state index in [0.29, 0.717) is 11.5 Å². The van der Waals surface area contributed by atoms with E-state index in [-0.39, 0.29) is 5.60 Å². The van der Waals surface area contributed by atoms with Crippen LogP contribution in [0.1, 0.15) is 66.2 Å². The van der Waals surface area contributed by atoms with Crippen LogP contribution >= 0.6 is 0 Å². The molecular formula is C20H32O2. The average Bonchev–Trinajstić information content (AvgIpc) is 3.27. The molecule has 0 aromatic rings. The molecule has 124 valence electrons. The normalized spacial score (nSPS) is 45.3. The second kappa shape index (κ2) is 5.21.